The van der Waals surface area contributed by atoms with E-state index in [2.05, 4.69) is 9.97 Å². The Balaban J connectivity index is 2.57. The van der Waals surface area contributed by atoms with Gasteiger partial charge in [0.05, 0.1) is 5.56 Å². The van der Waals surface area contributed by atoms with E-state index in [1.54, 1.807) is 7.11 Å². The van der Waals surface area contributed by atoms with Crippen LogP contribution in [0.2, 0.25) is 10.3 Å². The smallest absolute Gasteiger partial charge is 0.163 e. The number of halogens is 2. The van der Waals surface area contributed by atoms with Crippen molar-refractivity contribution < 1.29 is 4.74 Å². The summed E-state index contributed by atoms with van der Waals surface area (Å²) < 4.78 is 5.64. The molecule has 0 N–H and O–H groups in total. The molecular formula is C16H18Cl2N2O. The Hall–Kier alpha value is -1.16. The minimum atomic E-state index is -0.553. The summed E-state index contributed by atoms with van der Waals surface area (Å²) in [6, 6.07) is 9.64. The number of hydrogen-bond acceptors (Lipinski definition) is 3. The lowest BCUT2D eigenvalue weighted by molar-refractivity contribution is -0.0291. The maximum absolute atomic E-state index is 6.36. The fourth-order valence-corrected chi connectivity index (χ4v) is 3.01. The van der Waals surface area contributed by atoms with Crippen molar-refractivity contribution in [1.82, 2.24) is 9.97 Å². The average Bonchev–Trinajstić information content (AvgIpc) is 2.50. The quantitative estimate of drug-likeness (QED) is 0.716. The molecule has 1 heterocycles. The molecule has 0 unspecified atom stereocenters. The molecule has 0 aliphatic carbocycles. The van der Waals surface area contributed by atoms with E-state index in [9.17, 15) is 0 Å². The maximum atomic E-state index is 6.36. The lowest BCUT2D eigenvalue weighted by Gasteiger charge is -2.28. The summed E-state index contributed by atoms with van der Waals surface area (Å²) in [5, 5.41) is 0.694. The van der Waals surface area contributed by atoms with Crippen molar-refractivity contribution in [3.8, 4) is 11.1 Å². The Kier molecular flexibility index (Phi) is 5.20. The number of benzene rings is 1. The van der Waals surface area contributed by atoms with Gasteiger partial charge in [-0.05, 0) is 18.4 Å². The van der Waals surface area contributed by atoms with Gasteiger partial charge in [0.1, 0.15) is 15.9 Å². The molecule has 0 aliphatic heterocycles. The SMILES string of the molecule is CCC(CC)(OC)c1nc(Cl)c(-c2ccccc2)c(Cl)n1. The topological polar surface area (TPSA) is 35.0 Å². The highest BCUT2D eigenvalue weighted by Gasteiger charge is 2.33. The second-order valence-corrected chi connectivity index (χ2v) is 5.49. The Morgan fingerprint density at radius 3 is 1.95 bits per heavy atom. The fourth-order valence-electron chi connectivity index (χ4n) is 2.40. The summed E-state index contributed by atoms with van der Waals surface area (Å²) in [6.07, 6.45) is 1.49. The highest BCUT2D eigenvalue weighted by Crippen LogP contribution is 2.37. The number of nitrogens with zero attached hydrogens (tertiary/aromatic N) is 2. The summed E-state index contributed by atoms with van der Waals surface area (Å²) >= 11 is 12.7. The standard InChI is InChI=1S/C16H18Cl2N2O/c1-4-16(5-2,21-3)15-19-13(17)12(14(18)20-15)11-9-7-6-8-10-11/h6-10H,4-5H2,1-3H3. The fraction of sp³-hybridized carbons (Fsp3) is 0.375. The lowest BCUT2D eigenvalue weighted by atomic mass is 9.96. The minimum Gasteiger partial charge on any atom is -0.370 e. The van der Waals surface area contributed by atoms with Gasteiger partial charge in [-0.1, -0.05) is 67.4 Å². The van der Waals surface area contributed by atoms with Crippen LogP contribution in [0, 0.1) is 0 Å². The number of rotatable bonds is 5. The normalized spacial score (nSPS) is 11.7. The van der Waals surface area contributed by atoms with Crippen LogP contribution in [-0.2, 0) is 10.3 Å². The molecule has 0 atom stereocenters. The highest BCUT2D eigenvalue weighted by atomic mass is 35.5. The predicted molar refractivity (Wildman–Crippen MR) is 86.8 cm³/mol. The number of methoxy groups -OCH3 is 1. The molecule has 0 saturated heterocycles. The van der Waals surface area contributed by atoms with Crippen molar-refractivity contribution in [2.75, 3.05) is 7.11 Å². The van der Waals surface area contributed by atoms with Crippen LogP contribution in [0.1, 0.15) is 32.5 Å². The summed E-state index contributed by atoms with van der Waals surface area (Å²) in [6.45, 7) is 4.06. The minimum absolute atomic E-state index is 0.347. The van der Waals surface area contributed by atoms with Crippen LogP contribution in [0.5, 0.6) is 0 Å². The summed E-state index contributed by atoms with van der Waals surface area (Å²) in [5.41, 5.74) is 0.998. The molecule has 5 heteroatoms. The molecule has 2 rings (SSSR count). The summed E-state index contributed by atoms with van der Waals surface area (Å²) in [4.78, 5) is 8.88. The van der Waals surface area contributed by atoms with Gasteiger partial charge in [-0.3, -0.25) is 0 Å². The molecule has 21 heavy (non-hydrogen) atoms. The van der Waals surface area contributed by atoms with Gasteiger partial charge < -0.3 is 4.74 Å². The molecule has 0 bridgehead atoms. The molecule has 3 nitrogen and oxygen atoms in total. The van der Waals surface area contributed by atoms with Crippen LogP contribution in [0.15, 0.2) is 30.3 Å². The first-order chi connectivity index (χ1) is 10.1. The Morgan fingerprint density at radius 1 is 1.00 bits per heavy atom. The van der Waals surface area contributed by atoms with Crippen molar-refractivity contribution in [3.63, 3.8) is 0 Å². The van der Waals surface area contributed by atoms with Gasteiger partial charge in [-0.2, -0.15) is 0 Å². The maximum Gasteiger partial charge on any atom is 0.163 e. The third-order valence-electron chi connectivity index (χ3n) is 3.82. The van der Waals surface area contributed by atoms with E-state index in [-0.39, 0.29) is 0 Å². The molecule has 2 aromatic rings. The highest BCUT2D eigenvalue weighted by molar-refractivity contribution is 6.37. The van der Waals surface area contributed by atoms with Crippen molar-refractivity contribution in [3.05, 3.63) is 46.5 Å². The molecule has 1 aromatic heterocycles. The van der Waals surface area contributed by atoms with E-state index < -0.39 is 5.60 Å². The number of hydrogen-bond donors (Lipinski definition) is 0. The van der Waals surface area contributed by atoms with Crippen LogP contribution in [0.4, 0.5) is 0 Å². The molecule has 0 spiro atoms. The van der Waals surface area contributed by atoms with Crippen LogP contribution >= 0.6 is 23.2 Å². The third-order valence-corrected chi connectivity index (χ3v) is 4.37. The molecule has 0 aliphatic rings. The Bertz CT molecular complexity index is 582. The zero-order valence-electron chi connectivity index (χ0n) is 12.4. The average molecular weight is 325 g/mol. The molecule has 112 valence electrons. The van der Waals surface area contributed by atoms with Crippen LogP contribution in [0.25, 0.3) is 11.1 Å². The molecule has 0 radical (unpaired) electrons. The third kappa shape index (κ3) is 3.05. The van der Waals surface area contributed by atoms with Gasteiger partial charge in [0.15, 0.2) is 5.82 Å². The van der Waals surface area contributed by atoms with Gasteiger partial charge in [0.25, 0.3) is 0 Å². The van der Waals surface area contributed by atoms with Gasteiger partial charge >= 0.3 is 0 Å². The van der Waals surface area contributed by atoms with Crippen molar-refractivity contribution >= 4 is 23.2 Å². The second-order valence-electron chi connectivity index (χ2n) is 4.78. The van der Waals surface area contributed by atoms with E-state index in [0.717, 1.165) is 18.4 Å². The van der Waals surface area contributed by atoms with Crippen LogP contribution in [0.3, 0.4) is 0 Å². The van der Waals surface area contributed by atoms with E-state index in [4.69, 9.17) is 27.9 Å². The van der Waals surface area contributed by atoms with Crippen LogP contribution in [-0.4, -0.2) is 17.1 Å². The Labute approximate surface area is 135 Å². The first-order valence-electron chi connectivity index (χ1n) is 6.92. The number of ether oxygens (including phenoxy) is 1. The van der Waals surface area contributed by atoms with E-state index >= 15 is 0 Å². The predicted octanol–water partition coefficient (Wildman–Crippen LogP) is 5.11. The zero-order valence-corrected chi connectivity index (χ0v) is 13.9. The first kappa shape index (κ1) is 16.2. The van der Waals surface area contributed by atoms with Gasteiger partial charge in [0.2, 0.25) is 0 Å². The molecule has 0 fully saturated rings. The van der Waals surface area contributed by atoms with Crippen LogP contribution < -0.4 is 0 Å². The van der Waals surface area contributed by atoms with Crippen molar-refractivity contribution in [2.45, 2.75) is 32.3 Å². The summed E-state index contributed by atoms with van der Waals surface area (Å²) in [5.74, 6) is 0.532. The molecule has 0 saturated carbocycles. The monoisotopic (exact) mass is 324 g/mol. The molecule has 0 amide bonds. The lowest BCUT2D eigenvalue weighted by Crippen LogP contribution is -2.29. The van der Waals surface area contributed by atoms with E-state index in [1.807, 2.05) is 44.2 Å². The van der Waals surface area contributed by atoms with Gasteiger partial charge in [-0.15, -0.1) is 0 Å². The molecular weight excluding hydrogens is 307 g/mol. The van der Waals surface area contributed by atoms with Gasteiger partial charge in [-0.25, -0.2) is 9.97 Å². The van der Waals surface area contributed by atoms with Crippen molar-refractivity contribution in [1.29, 1.82) is 0 Å². The first-order valence-corrected chi connectivity index (χ1v) is 7.67. The number of aromatic nitrogens is 2. The largest absolute Gasteiger partial charge is 0.370 e. The molecule has 1 aromatic carbocycles. The van der Waals surface area contributed by atoms with E-state index in [1.165, 1.54) is 0 Å². The van der Waals surface area contributed by atoms with Gasteiger partial charge in [0, 0.05) is 7.11 Å². The summed E-state index contributed by atoms with van der Waals surface area (Å²) in [7, 11) is 1.66. The zero-order chi connectivity index (χ0) is 15.5. The van der Waals surface area contributed by atoms with E-state index in [0.29, 0.717) is 21.7 Å². The van der Waals surface area contributed by atoms with Crippen molar-refractivity contribution in [2.24, 2.45) is 0 Å². The second kappa shape index (κ2) is 6.73. The Morgan fingerprint density at radius 2 is 1.52 bits per heavy atom.